The Balaban J connectivity index is 2.15. The van der Waals surface area contributed by atoms with E-state index in [0.717, 1.165) is 9.87 Å². The van der Waals surface area contributed by atoms with Crippen LogP contribution in [0.4, 0.5) is 5.69 Å². The molecule has 1 amide bonds. The minimum Gasteiger partial charge on any atom is -0.273 e. The van der Waals surface area contributed by atoms with E-state index in [4.69, 9.17) is 0 Å². The molecule has 0 spiro atoms. The van der Waals surface area contributed by atoms with Crippen molar-refractivity contribution in [3.05, 3.63) is 60.2 Å². The lowest BCUT2D eigenvalue weighted by molar-refractivity contribution is -0.116. The van der Waals surface area contributed by atoms with Crippen LogP contribution in [0, 0.1) is 0 Å². The third-order valence-electron chi connectivity index (χ3n) is 3.06. The lowest BCUT2D eigenvalue weighted by Crippen LogP contribution is -2.33. The Kier molecular flexibility index (Phi) is 2.64. The molecule has 2 aromatic rings. The average molecular weight is 273 g/mol. The van der Waals surface area contributed by atoms with E-state index in [2.05, 4.69) is 0 Å². The molecule has 0 radical (unpaired) electrons. The molecule has 0 aromatic heterocycles. The first-order valence-corrected chi connectivity index (χ1v) is 7.26. The van der Waals surface area contributed by atoms with Crippen LogP contribution in [0.25, 0.3) is 0 Å². The number of amides is 1. The summed E-state index contributed by atoms with van der Waals surface area (Å²) < 4.78 is 25.9. The summed E-state index contributed by atoms with van der Waals surface area (Å²) in [5.74, 6) is -0.412. The molecule has 96 valence electrons. The normalized spacial score (nSPS) is 14.5. The maximum Gasteiger partial charge on any atom is 0.270 e. The van der Waals surface area contributed by atoms with E-state index in [1.54, 1.807) is 42.5 Å². The lowest BCUT2D eigenvalue weighted by Gasteiger charge is -2.17. The van der Waals surface area contributed by atoms with Crippen molar-refractivity contribution in [2.75, 3.05) is 4.31 Å². The summed E-state index contributed by atoms with van der Waals surface area (Å²) in [5, 5.41) is 0. The molecule has 5 heteroatoms. The molecular weight excluding hydrogens is 262 g/mol. The maximum absolute atomic E-state index is 12.5. The minimum absolute atomic E-state index is 0.125. The predicted molar refractivity (Wildman–Crippen MR) is 71.3 cm³/mol. The number of hydrogen-bond acceptors (Lipinski definition) is 3. The summed E-state index contributed by atoms with van der Waals surface area (Å²) in [7, 11) is -3.82. The van der Waals surface area contributed by atoms with E-state index in [1.165, 1.54) is 12.1 Å². The van der Waals surface area contributed by atoms with Crippen LogP contribution in [0.2, 0.25) is 0 Å². The topological polar surface area (TPSA) is 54.5 Å². The zero-order valence-electron chi connectivity index (χ0n) is 9.98. The summed E-state index contributed by atoms with van der Waals surface area (Å²) >= 11 is 0. The maximum atomic E-state index is 12.5. The SMILES string of the molecule is O=C1Cc2ccccc2N1S(=O)(=O)c1ccccc1. The van der Waals surface area contributed by atoms with Crippen LogP contribution in [0.1, 0.15) is 5.56 Å². The fourth-order valence-electron chi connectivity index (χ4n) is 2.19. The highest BCUT2D eigenvalue weighted by Crippen LogP contribution is 2.33. The Labute approximate surface area is 111 Å². The van der Waals surface area contributed by atoms with E-state index < -0.39 is 15.9 Å². The molecule has 0 saturated carbocycles. The molecule has 2 aromatic carbocycles. The number of nitrogens with zero attached hydrogens (tertiary/aromatic N) is 1. The van der Waals surface area contributed by atoms with Crippen LogP contribution in [-0.4, -0.2) is 14.3 Å². The molecule has 0 atom stereocenters. The summed E-state index contributed by atoms with van der Waals surface area (Å²) in [6, 6.07) is 14.9. The van der Waals surface area contributed by atoms with Gasteiger partial charge in [-0.2, -0.15) is 0 Å². The number of benzene rings is 2. The second kappa shape index (κ2) is 4.20. The van der Waals surface area contributed by atoms with Crippen LogP contribution in [0.15, 0.2) is 59.5 Å². The number of carbonyl (C=O) groups excluding carboxylic acids is 1. The quantitative estimate of drug-likeness (QED) is 0.840. The Bertz CT molecular complexity index is 738. The molecule has 0 unspecified atom stereocenters. The van der Waals surface area contributed by atoms with Gasteiger partial charge in [-0.15, -0.1) is 0 Å². The molecule has 19 heavy (non-hydrogen) atoms. The van der Waals surface area contributed by atoms with E-state index in [9.17, 15) is 13.2 Å². The summed E-state index contributed by atoms with van der Waals surface area (Å²) in [4.78, 5) is 12.1. The molecule has 0 fully saturated rings. The van der Waals surface area contributed by atoms with Gasteiger partial charge in [0.1, 0.15) is 0 Å². The van der Waals surface area contributed by atoms with Gasteiger partial charge in [0.05, 0.1) is 17.0 Å². The first kappa shape index (κ1) is 11.9. The number of para-hydroxylation sites is 1. The van der Waals surface area contributed by atoms with Crippen molar-refractivity contribution in [1.29, 1.82) is 0 Å². The third-order valence-corrected chi connectivity index (χ3v) is 4.81. The van der Waals surface area contributed by atoms with Crippen LogP contribution in [0.5, 0.6) is 0 Å². The van der Waals surface area contributed by atoms with Gasteiger partial charge in [0, 0.05) is 0 Å². The van der Waals surface area contributed by atoms with Gasteiger partial charge < -0.3 is 0 Å². The highest BCUT2D eigenvalue weighted by Gasteiger charge is 2.37. The van der Waals surface area contributed by atoms with Gasteiger partial charge in [0.2, 0.25) is 5.91 Å². The van der Waals surface area contributed by atoms with E-state index in [-0.39, 0.29) is 11.3 Å². The molecule has 1 aliphatic rings. The van der Waals surface area contributed by atoms with Crippen LogP contribution in [0.3, 0.4) is 0 Å². The highest BCUT2D eigenvalue weighted by atomic mass is 32.2. The molecule has 3 rings (SSSR count). The molecule has 0 aliphatic carbocycles. The zero-order chi connectivity index (χ0) is 13.5. The Hall–Kier alpha value is -2.14. The van der Waals surface area contributed by atoms with Crippen molar-refractivity contribution in [2.24, 2.45) is 0 Å². The van der Waals surface area contributed by atoms with Gasteiger partial charge in [-0.05, 0) is 23.8 Å². The summed E-state index contributed by atoms with van der Waals surface area (Å²) in [6.07, 6.45) is 0.127. The van der Waals surface area contributed by atoms with Crippen molar-refractivity contribution < 1.29 is 13.2 Å². The molecule has 0 saturated heterocycles. The van der Waals surface area contributed by atoms with Gasteiger partial charge in [-0.3, -0.25) is 4.79 Å². The molecule has 0 N–H and O–H groups in total. The molecule has 4 nitrogen and oxygen atoms in total. The Morgan fingerprint density at radius 2 is 1.53 bits per heavy atom. The summed E-state index contributed by atoms with van der Waals surface area (Å²) in [6.45, 7) is 0. The van der Waals surface area contributed by atoms with Crippen LogP contribution >= 0.6 is 0 Å². The third kappa shape index (κ3) is 1.82. The van der Waals surface area contributed by atoms with E-state index >= 15 is 0 Å². The fourth-order valence-corrected chi connectivity index (χ4v) is 3.67. The second-order valence-corrected chi connectivity index (χ2v) is 6.07. The Morgan fingerprint density at radius 3 is 2.26 bits per heavy atom. The Morgan fingerprint density at radius 1 is 0.895 bits per heavy atom. The predicted octanol–water partition coefficient (Wildman–Crippen LogP) is 1.96. The van der Waals surface area contributed by atoms with Gasteiger partial charge in [0.15, 0.2) is 0 Å². The average Bonchev–Trinajstić information content (AvgIpc) is 2.76. The molecule has 1 aliphatic heterocycles. The van der Waals surface area contributed by atoms with Crippen molar-refractivity contribution in [2.45, 2.75) is 11.3 Å². The van der Waals surface area contributed by atoms with E-state index in [1.807, 2.05) is 0 Å². The first-order chi connectivity index (χ1) is 9.10. The van der Waals surface area contributed by atoms with Crippen molar-refractivity contribution in [1.82, 2.24) is 0 Å². The van der Waals surface area contributed by atoms with Gasteiger partial charge in [-0.25, -0.2) is 12.7 Å². The van der Waals surface area contributed by atoms with E-state index in [0.29, 0.717) is 5.69 Å². The second-order valence-electron chi connectivity index (χ2n) is 4.28. The number of fused-ring (bicyclic) bond motifs is 1. The lowest BCUT2D eigenvalue weighted by atomic mass is 10.2. The van der Waals surface area contributed by atoms with Crippen LogP contribution < -0.4 is 4.31 Å². The van der Waals surface area contributed by atoms with Crippen molar-refractivity contribution in [3.8, 4) is 0 Å². The standard InChI is InChI=1S/C14H11NO3S/c16-14-10-11-6-4-5-9-13(11)15(14)19(17,18)12-7-2-1-3-8-12/h1-9H,10H2. The minimum atomic E-state index is -3.82. The molecule has 1 heterocycles. The van der Waals surface area contributed by atoms with Crippen LogP contribution in [-0.2, 0) is 21.2 Å². The fraction of sp³-hybridized carbons (Fsp3) is 0.0714. The zero-order valence-corrected chi connectivity index (χ0v) is 10.8. The monoisotopic (exact) mass is 273 g/mol. The molecular formula is C14H11NO3S. The highest BCUT2D eigenvalue weighted by molar-refractivity contribution is 7.93. The van der Waals surface area contributed by atoms with Crippen molar-refractivity contribution >= 4 is 21.6 Å². The number of hydrogen-bond donors (Lipinski definition) is 0. The smallest absolute Gasteiger partial charge is 0.270 e. The van der Waals surface area contributed by atoms with Gasteiger partial charge in [0.25, 0.3) is 10.0 Å². The van der Waals surface area contributed by atoms with Gasteiger partial charge >= 0.3 is 0 Å². The largest absolute Gasteiger partial charge is 0.273 e. The number of carbonyl (C=O) groups is 1. The molecule has 0 bridgehead atoms. The van der Waals surface area contributed by atoms with Crippen molar-refractivity contribution in [3.63, 3.8) is 0 Å². The number of sulfonamides is 1. The van der Waals surface area contributed by atoms with Gasteiger partial charge in [-0.1, -0.05) is 36.4 Å². The number of rotatable bonds is 2. The summed E-state index contributed by atoms with van der Waals surface area (Å²) in [5.41, 5.74) is 1.20. The number of anilines is 1. The first-order valence-electron chi connectivity index (χ1n) is 5.82.